The first-order valence-electron chi connectivity index (χ1n) is 9.60. The number of halogens is 1. The van der Waals surface area contributed by atoms with E-state index in [2.05, 4.69) is 40.7 Å². The Bertz CT molecular complexity index is 1100. The number of likely N-dealkylation sites (tertiary alicyclic amines) is 1. The molecule has 1 aliphatic rings. The van der Waals surface area contributed by atoms with Gasteiger partial charge in [0.2, 0.25) is 11.6 Å². The zero-order chi connectivity index (χ0) is 21.8. The van der Waals surface area contributed by atoms with Gasteiger partial charge >= 0.3 is 0 Å². The van der Waals surface area contributed by atoms with Gasteiger partial charge in [0.25, 0.3) is 5.91 Å². The summed E-state index contributed by atoms with van der Waals surface area (Å²) in [6, 6.07) is 4.50. The van der Waals surface area contributed by atoms with Crippen LogP contribution < -0.4 is 11.2 Å². The Balaban J connectivity index is 1.58. The minimum absolute atomic E-state index is 0.0202. The number of hydrazone groups is 1. The van der Waals surface area contributed by atoms with Gasteiger partial charge in [0.15, 0.2) is 5.69 Å². The number of carbonyl (C=O) groups excluding carboxylic acids is 1. The van der Waals surface area contributed by atoms with Crippen LogP contribution in [0.25, 0.3) is 5.82 Å². The van der Waals surface area contributed by atoms with Crippen molar-refractivity contribution in [1.82, 2.24) is 35.6 Å². The third kappa shape index (κ3) is 4.64. The summed E-state index contributed by atoms with van der Waals surface area (Å²) >= 11 is 5.92. The molecule has 0 unspecified atom stereocenters. The van der Waals surface area contributed by atoms with Crippen molar-refractivity contribution < 1.29 is 14.5 Å². The van der Waals surface area contributed by atoms with Gasteiger partial charge in [0, 0.05) is 17.1 Å². The number of hydrogen-bond acceptors (Lipinski definition) is 10. The van der Waals surface area contributed by atoms with Gasteiger partial charge in [-0.3, -0.25) is 9.69 Å². The first kappa shape index (κ1) is 20.8. The molecule has 0 saturated carbocycles. The van der Waals surface area contributed by atoms with Gasteiger partial charge in [0.1, 0.15) is 5.75 Å². The van der Waals surface area contributed by atoms with Crippen molar-refractivity contribution in [3.63, 3.8) is 0 Å². The minimum Gasteiger partial charge on any atom is -0.507 e. The van der Waals surface area contributed by atoms with Gasteiger partial charge in [-0.15, -0.1) is 5.10 Å². The molecule has 0 bridgehead atoms. The molecule has 0 radical (unpaired) electrons. The van der Waals surface area contributed by atoms with Crippen LogP contribution in [0, 0.1) is 0 Å². The van der Waals surface area contributed by atoms with Gasteiger partial charge in [-0.2, -0.15) is 9.78 Å². The molecule has 4 rings (SSSR count). The number of aromatic nitrogens is 5. The topological polar surface area (TPSA) is 161 Å². The summed E-state index contributed by atoms with van der Waals surface area (Å²) in [5.74, 6) is -0.406. The first-order chi connectivity index (χ1) is 15.0. The molecule has 4 N–H and O–H groups in total. The Hall–Kier alpha value is -3.51. The zero-order valence-corrected chi connectivity index (χ0v) is 17.2. The number of aromatic hydroxyl groups is 1. The molecule has 1 aliphatic heterocycles. The van der Waals surface area contributed by atoms with Crippen molar-refractivity contribution >= 4 is 29.5 Å². The summed E-state index contributed by atoms with van der Waals surface area (Å²) in [5, 5.41) is 29.5. The number of amides is 1. The van der Waals surface area contributed by atoms with E-state index in [0.717, 1.165) is 25.9 Å². The van der Waals surface area contributed by atoms with E-state index in [-0.39, 0.29) is 23.1 Å². The number of nitrogens with two attached hydrogens (primary N) is 1. The summed E-state index contributed by atoms with van der Waals surface area (Å²) in [6.45, 7) is 2.21. The third-order valence-electron chi connectivity index (χ3n) is 4.86. The van der Waals surface area contributed by atoms with E-state index >= 15 is 0 Å². The maximum absolute atomic E-state index is 12.8. The van der Waals surface area contributed by atoms with E-state index in [0.29, 0.717) is 22.8 Å². The molecule has 12 nitrogen and oxygen atoms in total. The lowest BCUT2D eigenvalue weighted by atomic mass is 10.1. The lowest BCUT2D eigenvalue weighted by Crippen LogP contribution is -2.31. The predicted molar refractivity (Wildman–Crippen MR) is 111 cm³/mol. The largest absolute Gasteiger partial charge is 0.507 e. The van der Waals surface area contributed by atoms with Crippen LogP contribution in [0.2, 0.25) is 5.02 Å². The molecular weight excluding hydrogens is 426 g/mol. The predicted octanol–water partition coefficient (Wildman–Crippen LogP) is 1.34. The summed E-state index contributed by atoms with van der Waals surface area (Å²) in [6.07, 6.45) is 4.61. The van der Waals surface area contributed by atoms with Crippen molar-refractivity contribution in [3.8, 4) is 11.6 Å². The SMILES string of the molecule is Nc1nonc1-n1nnc(C(=O)N/N=C\c2cc(Cl)ccc2O)c1CN1CCCCC1. The maximum Gasteiger partial charge on any atom is 0.293 e. The van der Waals surface area contributed by atoms with E-state index in [1.165, 1.54) is 29.4 Å². The van der Waals surface area contributed by atoms with E-state index in [9.17, 15) is 9.90 Å². The van der Waals surface area contributed by atoms with Crippen LogP contribution in [0.15, 0.2) is 27.9 Å². The third-order valence-corrected chi connectivity index (χ3v) is 5.09. The highest BCUT2D eigenvalue weighted by Gasteiger charge is 2.26. The van der Waals surface area contributed by atoms with Gasteiger partial charge in [-0.05, 0) is 54.4 Å². The molecule has 0 atom stereocenters. The summed E-state index contributed by atoms with van der Waals surface area (Å²) in [5.41, 5.74) is 9.11. The van der Waals surface area contributed by atoms with Crippen LogP contribution in [0.4, 0.5) is 5.82 Å². The second-order valence-electron chi connectivity index (χ2n) is 7.01. The molecular formula is C18H20ClN9O3. The number of piperidine rings is 1. The molecule has 1 fully saturated rings. The van der Waals surface area contributed by atoms with Gasteiger partial charge in [-0.25, -0.2) is 10.1 Å². The zero-order valence-electron chi connectivity index (χ0n) is 16.4. The molecule has 0 aliphatic carbocycles. The smallest absolute Gasteiger partial charge is 0.293 e. The van der Waals surface area contributed by atoms with Crippen molar-refractivity contribution in [2.45, 2.75) is 25.8 Å². The van der Waals surface area contributed by atoms with E-state index < -0.39 is 5.91 Å². The molecule has 162 valence electrons. The fourth-order valence-electron chi connectivity index (χ4n) is 3.30. The number of nitrogen functional groups attached to an aromatic ring is 1. The maximum atomic E-state index is 12.8. The number of hydrogen-bond donors (Lipinski definition) is 3. The molecule has 1 aromatic carbocycles. The Morgan fingerprint density at radius 2 is 2.13 bits per heavy atom. The van der Waals surface area contributed by atoms with Crippen LogP contribution >= 0.6 is 11.6 Å². The van der Waals surface area contributed by atoms with Crippen LogP contribution in [0.1, 0.15) is 41.0 Å². The van der Waals surface area contributed by atoms with Crippen molar-refractivity contribution in [2.24, 2.45) is 5.10 Å². The van der Waals surface area contributed by atoms with Gasteiger partial charge in [-0.1, -0.05) is 23.2 Å². The standard InChI is InChI=1S/C18H20ClN9O3/c19-12-4-5-14(29)11(8-12)9-21-23-18(30)15-13(10-27-6-2-1-3-7-27)28(26-22-15)17-16(20)24-31-25-17/h4-5,8-9,29H,1-3,6-7,10H2,(H2,20,24)(H,23,30)/b21-9-. The van der Waals surface area contributed by atoms with Crippen molar-refractivity contribution in [2.75, 3.05) is 18.8 Å². The van der Waals surface area contributed by atoms with E-state index in [1.54, 1.807) is 6.07 Å². The van der Waals surface area contributed by atoms with Crippen LogP contribution in [-0.2, 0) is 6.54 Å². The number of phenols is 1. The lowest BCUT2D eigenvalue weighted by molar-refractivity contribution is 0.0947. The number of phenolic OH excluding ortho intramolecular Hbond substituents is 1. The number of nitrogens with zero attached hydrogens (tertiary/aromatic N) is 7. The fraction of sp³-hybridized carbons (Fsp3) is 0.333. The second kappa shape index (κ2) is 9.10. The Morgan fingerprint density at radius 3 is 2.87 bits per heavy atom. The molecule has 2 aromatic heterocycles. The fourth-order valence-corrected chi connectivity index (χ4v) is 3.48. The monoisotopic (exact) mass is 445 g/mol. The van der Waals surface area contributed by atoms with Crippen molar-refractivity contribution in [3.05, 3.63) is 40.2 Å². The van der Waals surface area contributed by atoms with E-state index in [1.807, 2.05) is 0 Å². The quantitative estimate of drug-likeness (QED) is 0.375. The summed E-state index contributed by atoms with van der Waals surface area (Å²) in [4.78, 5) is 15.0. The molecule has 1 saturated heterocycles. The Labute approximate surface area is 181 Å². The summed E-state index contributed by atoms with van der Waals surface area (Å²) in [7, 11) is 0. The number of nitrogens with one attached hydrogen (secondary N) is 1. The molecule has 13 heteroatoms. The number of benzene rings is 1. The van der Waals surface area contributed by atoms with Gasteiger partial charge < -0.3 is 10.8 Å². The normalized spacial score (nSPS) is 14.9. The lowest BCUT2D eigenvalue weighted by Gasteiger charge is -2.26. The van der Waals surface area contributed by atoms with Gasteiger partial charge in [0.05, 0.1) is 11.9 Å². The Kier molecular flexibility index (Phi) is 6.09. The molecule has 31 heavy (non-hydrogen) atoms. The average molecular weight is 446 g/mol. The average Bonchev–Trinajstić information content (AvgIpc) is 3.37. The first-order valence-corrected chi connectivity index (χ1v) is 9.98. The second-order valence-corrected chi connectivity index (χ2v) is 7.45. The molecule has 3 heterocycles. The van der Waals surface area contributed by atoms with Crippen LogP contribution in [-0.4, -0.2) is 60.5 Å². The Morgan fingerprint density at radius 1 is 1.32 bits per heavy atom. The highest BCUT2D eigenvalue weighted by molar-refractivity contribution is 6.30. The highest BCUT2D eigenvalue weighted by Crippen LogP contribution is 2.21. The van der Waals surface area contributed by atoms with Crippen molar-refractivity contribution in [1.29, 1.82) is 0 Å². The van der Waals surface area contributed by atoms with E-state index in [4.69, 9.17) is 17.3 Å². The number of carbonyl (C=O) groups is 1. The molecule has 0 spiro atoms. The minimum atomic E-state index is -0.578. The number of anilines is 1. The molecule has 3 aromatic rings. The van der Waals surface area contributed by atoms with Crippen LogP contribution in [0.3, 0.4) is 0 Å². The highest BCUT2D eigenvalue weighted by atomic mass is 35.5. The number of rotatable bonds is 6. The molecule has 1 amide bonds. The summed E-state index contributed by atoms with van der Waals surface area (Å²) < 4.78 is 6.01. The van der Waals surface area contributed by atoms with Crippen LogP contribution in [0.5, 0.6) is 5.75 Å².